The zero-order valence-corrected chi connectivity index (χ0v) is 16.6. The number of amides is 1. The molecule has 0 saturated heterocycles. The first-order valence-electron chi connectivity index (χ1n) is 9.11. The van der Waals surface area contributed by atoms with Crippen molar-refractivity contribution < 1.29 is 24.2 Å². The predicted molar refractivity (Wildman–Crippen MR) is 116 cm³/mol. The number of hydrogen-bond donors (Lipinski definition) is 3. The van der Waals surface area contributed by atoms with Crippen LogP contribution in [0.15, 0.2) is 82.2 Å². The highest BCUT2D eigenvalue weighted by atomic mass is 35.5. The number of fused-ring (bicyclic) bond motifs is 1. The molecule has 3 aromatic carbocycles. The van der Waals surface area contributed by atoms with Gasteiger partial charge < -0.3 is 19.9 Å². The van der Waals surface area contributed by atoms with Crippen LogP contribution in [0.5, 0.6) is 5.75 Å². The van der Waals surface area contributed by atoms with Crippen LogP contribution in [0.25, 0.3) is 11.0 Å². The molecule has 0 radical (unpaired) electrons. The number of nitrogens with zero attached hydrogens (tertiary/aromatic N) is 1. The number of anilines is 1. The zero-order chi connectivity index (χ0) is 22.0. The van der Waals surface area contributed by atoms with Crippen LogP contribution in [0, 0.1) is 0 Å². The van der Waals surface area contributed by atoms with E-state index in [0.717, 1.165) is 0 Å². The second-order valence-electron chi connectivity index (χ2n) is 6.61. The highest BCUT2D eigenvalue weighted by Gasteiger charge is 2.14. The van der Waals surface area contributed by atoms with Gasteiger partial charge in [-0.2, -0.15) is 0 Å². The van der Waals surface area contributed by atoms with Crippen LogP contribution < -0.4 is 10.9 Å². The Balaban J connectivity index is 1.82. The molecule has 3 N–H and O–H groups in total. The number of hydrogen-bond acceptors (Lipinski definition) is 5. The van der Waals surface area contributed by atoms with Crippen LogP contribution in [0.3, 0.4) is 0 Å². The van der Waals surface area contributed by atoms with Gasteiger partial charge in [0, 0.05) is 22.2 Å². The topological polar surface area (TPSA) is 112 Å². The van der Waals surface area contributed by atoms with Crippen molar-refractivity contribution in [2.75, 3.05) is 5.32 Å². The van der Waals surface area contributed by atoms with Crippen molar-refractivity contribution in [1.82, 2.24) is 0 Å². The Kier molecular flexibility index (Phi) is 5.43. The molecule has 31 heavy (non-hydrogen) atoms. The molecule has 0 bridgehead atoms. The first-order chi connectivity index (χ1) is 14.9. The van der Waals surface area contributed by atoms with E-state index in [-0.39, 0.29) is 22.4 Å². The molecule has 1 aromatic heterocycles. The summed E-state index contributed by atoms with van der Waals surface area (Å²) in [4.78, 5) is 28.4. The number of phenols is 1. The lowest BCUT2D eigenvalue weighted by Gasteiger charge is -2.07. The van der Waals surface area contributed by atoms with Crippen molar-refractivity contribution in [1.29, 1.82) is 0 Å². The molecule has 0 spiro atoms. The fourth-order valence-corrected chi connectivity index (χ4v) is 3.01. The molecule has 154 valence electrons. The molecular formula is C23H15ClN2O5. The number of carbonyl (C=O) groups excluding carboxylic acids is 1. The van der Waals surface area contributed by atoms with E-state index in [4.69, 9.17) is 21.1 Å². The molecule has 0 aliphatic carbocycles. The number of nitrogens with one attached hydrogen (secondary N) is 1. The number of benzene rings is 3. The molecule has 0 atom stereocenters. The second kappa shape index (κ2) is 8.33. The van der Waals surface area contributed by atoms with Gasteiger partial charge in [-0.3, -0.25) is 4.79 Å². The maximum absolute atomic E-state index is 13.0. The lowest BCUT2D eigenvalue weighted by atomic mass is 10.1. The van der Waals surface area contributed by atoms with E-state index in [1.54, 1.807) is 36.4 Å². The Morgan fingerprint density at radius 1 is 0.935 bits per heavy atom. The lowest BCUT2D eigenvalue weighted by molar-refractivity contribution is 0.0696. The summed E-state index contributed by atoms with van der Waals surface area (Å²) < 4.78 is 5.81. The predicted octanol–water partition coefficient (Wildman–Crippen LogP) is 4.97. The fourth-order valence-electron chi connectivity index (χ4n) is 2.88. The van der Waals surface area contributed by atoms with Gasteiger partial charge in [-0.15, -0.1) is 0 Å². The Morgan fingerprint density at radius 2 is 1.65 bits per heavy atom. The lowest BCUT2D eigenvalue weighted by Crippen LogP contribution is -2.21. The van der Waals surface area contributed by atoms with Gasteiger partial charge in [0.1, 0.15) is 16.9 Å². The van der Waals surface area contributed by atoms with Crippen LogP contribution in [0.2, 0.25) is 5.02 Å². The highest BCUT2D eigenvalue weighted by Crippen LogP contribution is 2.21. The largest absolute Gasteiger partial charge is 0.508 e. The summed E-state index contributed by atoms with van der Waals surface area (Å²) in [6.07, 6.45) is 0. The van der Waals surface area contributed by atoms with Crippen LogP contribution in [-0.2, 0) is 0 Å². The average molecular weight is 435 g/mol. The average Bonchev–Trinajstić information content (AvgIpc) is 2.75. The molecule has 7 nitrogen and oxygen atoms in total. The van der Waals surface area contributed by atoms with E-state index < -0.39 is 11.9 Å². The first-order valence-corrected chi connectivity index (χ1v) is 9.49. The monoisotopic (exact) mass is 434 g/mol. The molecule has 1 heterocycles. The minimum absolute atomic E-state index is 0.00590. The van der Waals surface area contributed by atoms with Crippen LogP contribution in [-0.4, -0.2) is 22.1 Å². The minimum Gasteiger partial charge on any atom is -0.508 e. The zero-order valence-electron chi connectivity index (χ0n) is 15.9. The standard InChI is InChI=1S/C23H15ClN2O5/c24-15-4-8-16(9-5-15)25-21(28)19-11-14-3-10-18(27)12-20(14)31-22(19)26-17-6-1-13(2-7-17)23(29)30/h1-12,27H,(H,25,28)(H,29,30). The summed E-state index contributed by atoms with van der Waals surface area (Å²) in [6, 6.07) is 18.6. The Morgan fingerprint density at radius 3 is 2.32 bits per heavy atom. The van der Waals surface area contributed by atoms with Crippen molar-refractivity contribution >= 4 is 45.8 Å². The summed E-state index contributed by atoms with van der Waals surface area (Å²) in [6.45, 7) is 0. The van der Waals surface area contributed by atoms with Crippen LogP contribution >= 0.6 is 11.6 Å². The van der Waals surface area contributed by atoms with Gasteiger partial charge in [0.15, 0.2) is 0 Å². The molecule has 0 aliphatic heterocycles. The van der Waals surface area contributed by atoms with Crippen LogP contribution in [0.4, 0.5) is 11.4 Å². The third-order valence-electron chi connectivity index (χ3n) is 4.43. The van der Waals surface area contributed by atoms with E-state index >= 15 is 0 Å². The third-order valence-corrected chi connectivity index (χ3v) is 4.68. The number of carboxylic acid groups (broad SMARTS) is 1. The molecule has 0 aliphatic rings. The smallest absolute Gasteiger partial charge is 0.335 e. The van der Waals surface area contributed by atoms with Gasteiger partial charge in [0.25, 0.3) is 5.91 Å². The maximum atomic E-state index is 13.0. The van der Waals surface area contributed by atoms with E-state index in [1.165, 1.54) is 36.4 Å². The van der Waals surface area contributed by atoms with E-state index in [2.05, 4.69) is 10.3 Å². The normalized spacial score (nSPS) is 11.5. The summed E-state index contributed by atoms with van der Waals surface area (Å²) in [7, 11) is 0. The summed E-state index contributed by atoms with van der Waals surface area (Å²) in [5, 5.41) is 22.7. The highest BCUT2D eigenvalue weighted by molar-refractivity contribution is 6.30. The molecule has 4 aromatic rings. The second-order valence-corrected chi connectivity index (χ2v) is 7.05. The number of carboxylic acids is 1. The molecule has 4 rings (SSSR count). The van der Waals surface area contributed by atoms with Gasteiger partial charge in [0.05, 0.1) is 11.3 Å². The van der Waals surface area contributed by atoms with Crippen molar-refractivity contribution in [2.45, 2.75) is 0 Å². The maximum Gasteiger partial charge on any atom is 0.335 e. The first kappa shape index (κ1) is 20.2. The molecule has 0 fully saturated rings. The molecular weight excluding hydrogens is 420 g/mol. The quantitative estimate of drug-likeness (QED) is 0.419. The molecule has 1 amide bonds. The third kappa shape index (κ3) is 4.57. The van der Waals surface area contributed by atoms with Gasteiger partial charge in [-0.1, -0.05) is 11.6 Å². The van der Waals surface area contributed by atoms with Gasteiger partial charge in [0.2, 0.25) is 5.55 Å². The number of carbonyl (C=O) groups is 2. The van der Waals surface area contributed by atoms with Crippen LogP contribution in [0.1, 0.15) is 20.7 Å². The number of phenolic OH excluding ortho intramolecular Hbond substituents is 1. The fraction of sp³-hybridized carbons (Fsp3) is 0. The number of aromatic carboxylic acids is 1. The SMILES string of the molecule is O=C(O)c1ccc(N=c2oc3cc(O)ccc3cc2C(=O)Nc2ccc(Cl)cc2)cc1. The van der Waals surface area contributed by atoms with Crippen molar-refractivity contribution in [3.05, 3.63) is 94.5 Å². The molecule has 0 saturated carbocycles. The summed E-state index contributed by atoms with van der Waals surface area (Å²) in [5.41, 5.74) is 1.55. The van der Waals surface area contributed by atoms with E-state index in [9.17, 15) is 14.7 Å². The number of rotatable bonds is 4. The van der Waals surface area contributed by atoms with Gasteiger partial charge in [-0.25, -0.2) is 9.79 Å². The van der Waals surface area contributed by atoms with E-state index in [0.29, 0.717) is 27.4 Å². The van der Waals surface area contributed by atoms with Crippen molar-refractivity contribution in [3.63, 3.8) is 0 Å². The summed E-state index contributed by atoms with van der Waals surface area (Å²) >= 11 is 5.89. The Labute approximate surface area is 180 Å². The van der Waals surface area contributed by atoms with Crippen molar-refractivity contribution in [3.8, 4) is 5.75 Å². The minimum atomic E-state index is -1.06. The number of aromatic hydroxyl groups is 1. The Hall–Kier alpha value is -4.10. The molecule has 8 heteroatoms. The van der Waals surface area contributed by atoms with Crippen molar-refractivity contribution in [2.24, 2.45) is 4.99 Å². The Bertz CT molecular complexity index is 1360. The van der Waals surface area contributed by atoms with Gasteiger partial charge in [-0.05, 0) is 66.7 Å². The van der Waals surface area contributed by atoms with Gasteiger partial charge >= 0.3 is 5.97 Å². The summed E-state index contributed by atoms with van der Waals surface area (Å²) in [5.74, 6) is -1.51. The molecule has 0 unspecified atom stereocenters. The van der Waals surface area contributed by atoms with E-state index in [1.807, 2.05) is 0 Å². The number of halogens is 1.